The predicted octanol–water partition coefficient (Wildman–Crippen LogP) is -0.624. The molecular weight excluding hydrogens is 308 g/mol. The zero-order chi connectivity index (χ0) is 17.8. The molecule has 8 heteroatoms. The van der Waals surface area contributed by atoms with Crippen molar-refractivity contribution >= 4 is 6.47 Å². The molecule has 0 spiro atoms. The summed E-state index contributed by atoms with van der Waals surface area (Å²) in [7, 11) is 0. The second kappa shape index (κ2) is 7.87. The van der Waals surface area contributed by atoms with Crippen molar-refractivity contribution in [1.82, 2.24) is 0 Å². The van der Waals surface area contributed by atoms with Crippen molar-refractivity contribution in [3.8, 4) is 0 Å². The van der Waals surface area contributed by atoms with E-state index < -0.39 is 42.9 Å². The van der Waals surface area contributed by atoms with Gasteiger partial charge in [0.05, 0.1) is 31.8 Å². The second-order valence-corrected chi connectivity index (χ2v) is 7.20. The van der Waals surface area contributed by atoms with Crippen molar-refractivity contribution in [1.29, 1.82) is 0 Å². The molecule has 23 heavy (non-hydrogen) atoms. The Labute approximate surface area is 136 Å². The van der Waals surface area contributed by atoms with Crippen LogP contribution in [0.3, 0.4) is 0 Å². The van der Waals surface area contributed by atoms with Crippen molar-refractivity contribution < 1.29 is 39.4 Å². The van der Waals surface area contributed by atoms with Crippen LogP contribution in [0.2, 0.25) is 0 Å². The van der Waals surface area contributed by atoms with E-state index >= 15 is 0 Å². The number of hydrogen-bond acceptors (Lipinski definition) is 8. The molecule has 6 atom stereocenters. The fourth-order valence-corrected chi connectivity index (χ4v) is 2.33. The Morgan fingerprint density at radius 1 is 1.39 bits per heavy atom. The van der Waals surface area contributed by atoms with Gasteiger partial charge >= 0.3 is 5.97 Å². The second-order valence-electron chi connectivity index (χ2n) is 7.20. The SMILES string of the molecule is C[C@H]1C(O)C[C@@](OC=O)(OCC(C)(C)C)OC1C(O)C(O)CO. The topological polar surface area (TPSA) is 126 Å². The van der Waals surface area contributed by atoms with Crippen LogP contribution in [0.4, 0.5) is 0 Å². The van der Waals surface area contributed by atoms with E-state index in [0.717, 1.165) is 0 Å². The Balaban J connectivity index is 2.99. The standard InChI is InChI=1S/C15H28O8/c1-9-10(18)5-15(22-8-17,21-7-14(2,3)4)23-13(9)12(20)11(19)6-16/h8-13,16,18-20H,5-7H2,1-4H3/t9-,10?,11?,12?,13?,15-/m0/s1. The smallest absolute Gasteiger partial charge is 0.331 e. The van der Waals surface area contributed by atoms with Crippen LogP contribution in [0.1, 0.15) is 34.1 Å². The Kier molecular flexibility index (Phi) is 6.94. The maximum absolute atomic E-state index is 10.8. The number of carbonyl (C=O) groups excluding carboxylic acids is 1. The first kappa shape index (κ1) is 20.3. The molecular formula is C15H28O8. The largest absolute Gasteiger partial charge is 0.410 e. The van der Waals surface area contributed by atoms with Crippen LogP contribution in [0.5, 0.6) is 0 Å². The number of rotatable bonds is 7. The van der Waals surface area contributed by atoms with Crippen LogP contribution in [-0.2, 0) is 19.0 Å². The lowest BCUT2D eigenvalue weighted by Gasteiger charge is -2.46. The third-order valence-electron chi connectivity index (χ3n) is 3.77. The van der Waals surface area contributed by atoms with Crippen LogP contribution in [0.15, 0.2) is 0 Å². The molecule has 136 valence electrons. The highest BCUT2D eigenvalue weighted by Crippen LogP contribution is 2.37. The average Bonchev–Trinajstić information content (AvgIpc) is 2.47. The number of carbonyl (C=O) groups is 1. The summed E-state index contributed by atoms with van der Waals surface area (Å²) < 4.78 is 16.2. The number of hydrogen-bond donors (Lipinski definition) is 4. The number of aliphatic hydroxyl groups excluding tert-OH is 4. The van der Waals surface area contributed by atoms with E-state index in [9.17, 15) is 20.1 Å². The molecule has 0 bridgehead atoms. The van der Waals surface area contributed by atoms with E-state index in [4.69, 9.17) is 19.3 Å². The first-order chi connectivity index (χ1) is 10.5. The monoisotopic (exact) mass is 336 g/mol. The van der Waals surface area contributed by atoms with Gasteiger partial charge in [-0.05, 0) is 5.41 Å². The summed E-state index contributed by atoms with van der Waals surface area (Å²) in [6.07, 6.45) is -5.13. The van der Waals surface area contributed by atoms with Gasteiger partial charge in [0.15, 0.2) is 0 Å². The summed E-state index contributed by atoms with van der Waals surface area (Å²) in [4.78, 5) is 10.8. The van der Waals surface area contributed by atoms with Crippen LogP contribution >= 0.6 is 0 Å². The van der Waals surface area contributed by atoms with Gasteiger partial charge in [-0.25, -0.2) is 0 Å². The van der Waals surface area contributed by atoms with Gasteiger partial charge in [0.1, 0.15) is 12.2 Å². The fraction of sp³-hybridized carbons (Fsp3) is 0.933. The van der Waals surface area contributed by atoms with Crippen molar-refractivity contribution in [3.63, 3.8) is 0 Å². The fourth-order valence-electron chi connectivity index (χ4n) is 2.33. The molecule has 8 nitrogen and oxygen atoms in total. The molecule has 0 aliphatic carbocycles. The van der Waals surface area contributed by atoms with Crippen LogP contribution in [0, 0.1) is 11.3 Å². The zero-order valence-corrected chi connectivity index (χ0v) is 14.0. The molecule has 1 saturated heterocycles. The lowest BCUT2D eigenvalue weighted by Crippen LogP contribution is -2.59. The van der Waals surface area contributed by atoms with Crippen LogP contribution < -0.4 is 0 Å². The van der Waals surface area contributed by atoms with E-state index in [-0.39, 0.29) is 24.9 Å². The molecule has 1 rings (SSSR count). The first-order valence-electron chi connectivity index (χ1n) is 7.63. The van der Waals surface area contributed by atoms with Gasteiger partial charge in [0.25, 0.3) is 6.47 Å². The molecule has 0 aromatic carbocycles. The minimum atomic E-state index is -1.85. The van der Waals surface area contributed by atoms with Crippen LogP contribution in [0.25, 0.3) is 0 Å². The lowest BCUT2D eigenvalue weighted by atomic mass is 9.87. The van der Waals surface area contributed by atoms with E-state index in [1.807, 2.05) is 20.8 Å². The number of aliphatic hydroxyl groups is 4. The third-order valence-corrected chi connectivity index (χ3v) is 3.77. The summed E-state index contributed by atoms with van der Waals surface area (Å²) in [6.45, 7) is 7.00. The average molecular weight is 336 g/mol. The highest BCUT2D eigenvalue weighted by Gasteiger charge is 2.51. The van der Waals surface area contributed by atoms with E-state index in [1.165, 1.54) is 0 Å². The molecule has 1 aliphatic rings. The molecule has 1 fully saturated rings. The van der Waals surface area contributed by atoms with Crippen molar-refractivity contribution in [2.75, 3.05) is 13.2 Å². The van der Waals surface area contributed by atoms with Gasteiger partial charge < -0.3 is 34.6 Å². The van der Waals surface area contributed by atoms with Gasteiger partial charge in [-0.3, -0.25) is 4.79 Å². The predicted molar refractivity (Wildman–Crippen MR) is 79.0 cm³/mol. The minimum absolute atomic E-state index is 0.124. The van der Waals surface area contributed by atoms with E-state index in [2.05, 4.69) is 0 Å². The molecule has 0 radical (unpaired) electrons. The zero-order valence-electron chi connectivity index (χ0n) is 14.0. The molecule has 0 amide bonds. The molecule has 0 aromatic rings. The van der Waals surface area contributed by atoms with E-state index in [0.29, 0.717) is 0 Å². The minimum Gasteiger partial charge on any atom is -0.410 e. The number of ether oxygens (including phenoxy) is 3. The molecule has 4 unspecified atom stereocenters. The van der Waals surface area contributed by atoms with Crippen molar-refractivity contribution in [2.24, 2.45) is 11.3 Å². The highest BCUT2D eigenvalue weighted by molar-refractivity contribution is 5.37. The maximum Gasteiger partial charge on any atom is 0.331 e. The van der Waals surface area contributed by atoms with Gasteiger partial charge in [0.2, 0.25) is 0 Å². The maximum atomic E-state index is 10.8. The normalized spacial score (nSPS) is 34.7. The molecule has 0 aromatic heterocycles. The summed E-state index contributed by atoms with van der Waals surface area (Å²) in [6, 6.07) is 0. The summed E-state index contributed by atoms with van der Waals surface area (Å²) in [5.74, 6) is -2.41. The first-order valence-corrected chi connectivity index (χ1v) is 7.63. The Hall–Kier alpha value is -0.770. The molecule has 0 saturated carbocycles. The third kappa shape index (κ3) is 5.37. The Morgan fingerprint density at radius 3 is 2.48 bits per heavy atom. The molecule has 1 heterocycles. The lowest BCUT2D eigenvalue weighted by molar-refractivity contribution is -0.417. The Bertz CT molecular complexity index is 382. The van der Waals surface area contributed by atoms with Gasteiger partial charge in [0, 0.05) is 5.92 Å². The van der Waals surface area contributed by atoms with E-state index in [1.54, 1.807) is 6.92 Å². The van der Waals surface area contributed by atoms with Gasteiger partial charge in [-0.1, -0.05) is 27.7 Å². The van der Waals surface area contributed by atoms with Gasteiger partial charge in [-0.2, -0.15) is 0 Å². The highest BCUT2D eigenvalue weighted by atomic mass is 16.9. The van der Waals surface area contributed by atoms with Crippen molar-refractivity contribution in [3.05, 3.63) is 0 Å². The quantitative estimate of drug-likeness (QED) is 0.358. The van der Waals surface area contributed by atoms with Crippen molar-refractivity contribution in [2.45, 2.75) is 64.5 Å². The van der Waals surface area contributed by atoms with Gasteiger partial charge in [-0.15, -0.1) is 0 Å². The molecule has 4 N–H and O–H groups in total. The summed E-state index contributed by atoms with van der Waals surface area (Å²) in [5, 5.41) is 39.0. The Morgan fingerprint density at radius 2 is 2.00 bits per heavy atom. The summed E-state index contributed by atoms with van der Waals surface area (Å²) in [5.41, 5.74) is -0.255. The van der Waals surface area contributed by atoms with Crippen LogP contribution in [-0.4, -0.2) is 70.5 Å². The summed E-state index contributed by atoms with van der Waals surface area (Å²) >= 11 is 0. The molecule has 1 aliphatic heterocycles.